The lowest BCUT2D eigenvalue weighted by atomic mass is 9.81. The van der Waals surface area contributed by atoms with Gasteiger partial charge in [-0.2, -0.15) is 4.58 Å². The lowest BCUT2D eigenvalue weighted by Gasteiger charge is -2.32. The van der Waals surface area contributed by atoms with E-state index in [-0.39, 0.29) is 9.60 Å². The van der Waals surface area contributed by atoms with Crippen LogP contribution in [0.2, 0.25) is 0 Å². The third kappa shape index (κ3) is 7.08. The zero-order valence-corrected chi connectivity index (χ0v) is 38.2. The second-order valence-electron chi connectivity index (χ2n) is 12.7. The monoisotopic (exact) mass is 1120 g/mol. The fourth-order valence-electron chi connectivity index (χ4n) is 6.96. The van der Waals surface area contributed by atoms with E-state index in [0.717, 1.165) is 47.7 Å². The van der Waals surface area contributed by atoms with Crippen molar-refractivity contribution in [2.45, 2.75) is 82.7 Å². The Labute approximate surface area is 342 Å². The highest BCUT2D eigenvalue weighted by molar-refractivity contribution is 14.3. The minimum atomic E-state index is -0.315. The highest BCUT2D eigenvalue weighted by Crippen LogP contribution is 2.58. The van der Waals surface area contributed by atoms with Crippen LogP contribution in [-0.2, 0) is 10.2 Å². The largest absolute Gasteiger partial charge is 0.343 e. The van der Waals surface area contributed by atoms with Crippen molar-refractivity contribution in [1.29, 1.82) is 0 Å². The standard InChI is InChI=1S/C37H41Br2ClI3N2S/c1-6-8-20-44-31-16-14-27(38)22-29(31)35(4,37(41,42)43)33(44)18-12-25-10-11-26(24(25)3)13-19-34-36(5,46-40)30-23-28(39)15-17-32(30)45(34)21-9-7-2/h12-19,22-23H,6-11,20-21H2,1-5H3/q+1. The van der Waals surface area contributed by atoms with Crippen LogP contribution in [0.15, 0.2) is 92.1 Å². The molecule has 1 aliphatic carbocycles. The normalized spacial score (nSPS) is 24.8. The molecule has 0 N–H and O–H groups in total. The molecule has 3 aliphatic rings. The molecule has 46 heavy (non-hydrogen) atoms. The Morgan fingerprint density at radius 1 is 0.957 bits per heavy atom. The van der Waals surface area contributed by atoms with Crippen LogP contribution < -0.4 is 4.90 Å². The Morgan fingerprint density at radius 3 is 2.28 bits per heavy atom. The van der Waals surface area contributed by atoms with E-state index >= 15 is 0 Å². The quantitative estimate of drug-likeness (QED) is 0.126. The minimum Gasteiger partial charge on any atom is -0.343 e. The summed E-state index contributed by atoms with van der Waals surface area (Å²) in [5.41, 5.74) is 12.1. The van der Waals surface area contributed by atoms with Crippen LogP contribution in [0.4, 0.5) is 11.4 Å². The van der Waals surface area contributed by atoms with Gasteiger partial charge in [0.2, 0.25) is 5.69 Å². The number of allylic oxidation sites excluding steroid dienone is 7. The van der Waals surface area contributed by atoms with Crippen LogP contribution >= 0.6 is 121 Å². The van der Waals surface area contributed by atoms with Crippen molar-refractivity contribution in [2.75, 3.05) is 18.0 Å². The molecule has 0 amide bonds. The maximum atomic E-state index is 6.70. The molecular formula is C37H41Br2ClI3N2S+. The predicted molar refractivity (Wildman–Crippen MR) is 235 cm³/mol. The van der Waals surface area contributed by atoms with Crippen molar-refractivity contribution in [2.24, 2.45) is 0 Å². The summed E-state index contributed by atoms with van der Waals surface area (Å²) in [7, 11) is 8.12. The van der Waals surface area contributed by atoms with E-state index in [1.54, 1.807) is 0 Å². The lowest BCUT2D eigenvalue weighted by Crippen LogP contribution is -2.42. The van der Waals surface area contributed by atoms with Gasteiger partial charge in [0.1, 0.15) is 11.4 Å². The Kier molecular flexibility index (Phi) is 12.8. The highest BCUT2D eigenvalue weighted by atomic mass is 127. The molecule has 2 unspecified atom stereocenters. The SMILES string of the molecule is CCCCN1/C(=C/C=C2\CCC(/C=C/C3=[N+](CCCC)c4ccc(Br)cc4C3(C)C(I)(I)I)=C2C)C(C)(SCl)c2cc(Br)ccc21. The molecule has 0 radical (unpaired) electrons. The summed E-state index contributed by atoms with van der Waals surface area (Å²) in [5.74, 6) is 0. The number of unbranched alkanes of at least 4 members (excludes halogenated alkanes) is 2. The van der Waals surface area contributed by atoms with Gasteiger partial charge in [0.05, 0.1) is 4.75 Å². The predicted octanol–water partition coefficient (Wildman–Crippen LogP) is 14.2. The Morgan fingerprint density at radius 2 is 1.63 bits per heavy atom. The molecule has 0 aromatic heterocycles. The number of alkyl halides is 3. The van der Waals surface area contributed by atoms with Crippen LogP contribution in [0, 0.1) is 0 Å². The number of anilines is 1. The van der Waals surface area contributed by atoms with E-state index in [1.807, 2.05) is 0 Å². The van der Waals surface area contributed by atoms with Gasteiger partial charge in [0, 0.05) is 51.0 Å². The maximum absolute atomic E-state index is 6.70. The Hall–Kier alpha value is 0.660. The molecule has 246 valence electrons. The molecular weight excluding hydrogens is 1080 g/mol. The van der Waals surface area contributed by atoms with Gasteiger partial charge in [-0.1, -0.05) is 138 Å². The van der Waals surface area contributed by atoms with Crippen molar-refractivity contribution in [3.05, 3.63) is 103 Å². The first kappa shape index (κ1) is 37.9. The summed E-state index contributed by atoms with van der Waals surface area (Å²) >= 11 is 15.4. The molecule has 2 aliphatic heterocycles. The van der Waals surface area contributed by atoms with Crippen LogP contribution in [0.1, 0.15) is 84.3 Å². The van der Waals surface area contributed by atoms with E-state index in [1.165, 1.54) is 74.4 Å². The molecule has 2 atom stereocenters. The van der Waals surface area contributed by atoms with Gasteiger partial charge in [-0.15, -0.1) is 0 Å². The van der Waals surface area contributed by atoms with Crippen molar-refractivity contribution in [1.82, 2.24) is 0 Å². The van der Waals surface area contributed by atoms with Crippen LogP contribution in [0.5, 0.6) is 0 Å². The van der Waals surface area contributed by atoms with Gasteiger partial charge >= 0.3 is 0 Å². The van der Waals surface area contributed by atoms with Crippen molar-refractivity contribution < 1.29 is 4.58 Å². The van der Waals surface area contributed by atoms with Crippen molar-refractivity contribution in [3.63, 3.8) is 0 Å². The van der Waals surface area contributed by atoms with Gasteiger partial charge in [-0.05, 0) is 120 Å². The molecule has 2 nitrogen and oxygen atoms in total. The number of rotatable bonds is 11. The Balaban J connectivity index is 1.53. The first-order chi connectivity index (χ1) is 21.8. The van der Waals surface area contributed by atoms with E-state index in [9.17, 15) is 0 Å². The molecule has 0 saturated carbocycles. The third-order valence-corrected chi connectivity index (χ3v) is 15.7. The summed E-state index contributed by atoms with van der Waals surface area (Å²) in [4.78, 5) is 2.50. The summed E-state index contributed by atoms with van der Waals surface area (Å²) < 4.78 is 4.46. The fraction of sp³-hybridized carbons (Fsp3) is 0.432. The van der Waals surface area contributed by atoms with E-state index in [4.69, 9.17) is 10.7 Å². The first-order valence-corrected chi connectivity index (χ1v) is 22.5. The molecule has 5 rings (SSSR count). The number of hydrogen-bond acceptors (Lipinski definition) is 2. The van der Waals surface area contributed by atoms with Crippen LogP contribution in [-0.4, -0.2) is 22.8 Å². The molecule has 9 heteroatoms. The Bertz CT molecular complexity index is 1670. The molecule has 0 spiro atoms. The number of nitrogens with zero attached hydrogens (tertiary/aromatic N) is 2. The summed E-state index contributed by atoms with van der Waals surface area (Å²) in [6.45, 7) is 13.6. The number of fused-ring (bicyclic) bond motifs is 2. The average molecular weight is 1120 g/mol. The first-order valence-electron chi connectivity index (χ1n) is 16.0. The third-order valence-electron chi connectivity index (χ3n) is 9.84. The second kappa shape index (κ2) is 15.5. The fourth-order valence-corrected chi connectivity index (χ4v) is 10.4. The smallest absolute Gasteiger partial charge is 0.209 e. The number of hydrogen-bond donors (Lipinski definition) is 0. The van der Waals surface area contributed by atoms with Crippen molar-refractivity contribution in [3.8, 4) is 0 Å². The maximum Gasteiger partial charge on any atom is 0.209 e. The lowest BCUT2D eigenvalue weighted by molar-refractivity contribution is -0.438. The van der Waals surface area contributed by atoms with Gasteiger partial charge in [-0.3, -0.25) is 0 Å². The highest BCUT2D eigenvalue weighted by Gasteiger charge is 2.58. The molecule has 0 fully saturated rings. The molecule has 0 saturated heterocycles. The van der Waals surface area contributed by atoms with Crippen LogP contribution in [0.25, 0.3) is 0 Å². The van der Waals surface area contributed by atoms with Gasteiger partial charge in [-0.25, -0.2) is 0 Å². The van der Waals surface area contributed by atoms with E-state index < -0.39 is 0 Å². The van der Waals surface area contributed by atoms with Gasteiger partial charge in [0.25, 0.3) is 0 Å². The van der Waals surface area contributed by atoms with E-state index in [0.29, 0.717) is 0 Å². The number of halogens is 6. The zero-order valence-electron chi connectivity index (χ0n) is 27.0. The topological polar surface area (TPSA) is 6.25 Å². The molecule has 2 aromatic rings. The summed E-state index contributed by atoms with van der Waals surface area (Å²) in [5, 5.41) is 0. The van der Waals surface area contributed by atoms with E-state index in [2.05, 4.69) is 204 Å². The van der Waals surface area contributed by atoms with Gasteiger partial charge in [0.15, 0.2) is 5.71 Å². The van der Waals surface area contributed by atoms with Crippen molar-refractivity contribution >= 4 is 138 Å². The average Bonchev–Trinajstić information content (AvgIpc) is 3.57. The zero-order chi connectivity index (χ0) is 33.4. The summed E-state index contributed by atoms with van der Waals surface area (Å²) in [6.07, 6.45) is 16.3. The molecule has 0 bridgehead atoms. The minimum absolute atomic E-state index is 0.0437. The summed E-state index contributed by atoms with van der Waals surface area (Å²) in [6, 6.07) is 13.5. The van der Waals surface area contributed by atoms with Crippen LogP contribution in [0.3, 0.4) is 0 Å². The molecule has 2 heterocycles. The van der Waals surface area contributed by atoms with Gasteiger partial charge < -0.3 is 4.90 Å². The second-order valence-corrected chi connectivity index (χ2v) is 27.0. The molecule has 2 aromatic carbocycles. The number of benzene rings is 2.